The van der Waals surface area contributed by atoms with Gasteiger partial charge in [-0.3, -0.25) is 0 Å². The van der Waals surface area contributed by atoms with Gasteiger partial charge in [-0.05, 0) is 24.6 Å². The lowest BCUT2D eigenvalue weighted by Gasteiger charge is -2.36. The van der Waals surface area contributed by atoms with E-state index in [4.69, 9.17) is 14.5 Å². The van der Waals surface area contributed by atoms with Gasteiger partial charge >= 0.3 is 0 Å². The highest BCUT2D eigenvalue weighted by molar-refractivity contribution is 7.09. The molecule has 0 amide bonds. The van der Waals surface area contributed by atoms with Gasteiger partial charge in [0.2, 0.25) is 5.13 Å². The first kappa shape index (κ1) is 22.3. The van der Waals surface area contributed by atoms with Crippen molar-refractivity contribution in [1.29, 1.82) is 0 Å². The molecule has 9 heteroatoms. The summed E-state index contributed by atoms with van der Waals surface area (Å²) in [4.78, 5) is 14.1. The number of aliphatic imine (C=N–C) groups is 1. The van der Waals surface area contributed by atoms with E-state index in [1.807, 2.05) is 12.1 Å². The maximum atomic E-state index is 5.62. The van der Waals surface area contributed by atoms with Crippen LogP contribution in [0.2, 0.25) is 0 Å². The molecule has 3 rings (SSSR count). The van der Waals surface area contributed by atoms with Crippen molar-refractivity contribution in [2.45, 2.75) is 26.8 Å². The van der Waals surface area contributed by atoms with Gasteiger partial charge in [-0.15, -0.1) is 0 Å². The SMILES string of the molecule is CCNC(=NCc1ccc(OCCOC)cc1)N1CCN(c2nc(CC)ns2)CC1. The first-order valence-electron chi connectivity index (χ1n) is 10.5. The van der Waals surface area contributed by atoms with Crippen molar-refractivity contribution in [3.05, 3.63) is 35.7 Å². The first-order chi connectivity index (χ1) is 14.7. The van der Waals surface area contributed by atoms with E-state index in [-0.39, 0.29) is 0 Å². The molecule has 30 heavy (non-hydrogen) atoms. The lowest BCUT2D eigenvalue weighted by molar-refractivity contribution is 0.146. The number of hydrogen-bond acceptors (Lipinski definition) is 7. The number of anilines is 1. The zero-order valence-corrected chi connectivity index (χ0v) is 19.0. The number of nitrogens with one attached hydrogen (secondary N) is 1. The van der Waals surface area contributed by atoms with Crippen LogP contribution in [0.1, 0.15) is 25.2 Å². The lowest BCUT2D eigenvalue weighted by atomic mass is 10.2. The minimum Gasteiger partial charge on any atom is -0.491 e. The zero-order chi connectivity index (χ0) is 21.2. The fraction of sp³-hybridized carbons (Fsp3) is 0.571. The van der Waals surface area contributed by atoms with E-state index in [0.717, 1.165) is 67.4 Å². The van der Waals surface area contributed by atoms with E-state index in [9.17, 15) is 0 Å². The largest absolute Gasteiger partial charge is 0.491 e. The van der Waals surface area contributed by atoms with Gasteiger partial charge in [0.1, 0.15) is 18.2 Å². The Hall–Kier alpha value is -2.39. The Morgan fingerprint density at radius 3 is 2.53 bits per heavy atom. The summed E-state index contributed by atoms with van der Waals surface area (Å²) in [5.41, 5.74) is 1.16. The summed E-state index contributed by atoms with van der Waals surface area (Å²) in [6, 6.07) is 8.10. The van der Waals surface area contributed by atoms with E-state index in [2.05, 4.69) is 50.5 Å². The molecule has 1 aliphatic rings. The Balaban J connectivity index is 1.54. The molecular weight excluding hydrogens is 400 g/mol. The highest BCUT2D eigenvalue weighted by Crippen LogP contribution is 2.19. The predicted molar refractivity (Wildman–Crippen MR) is 122 cm³/mol. The zero-order valence-electron chi connectivity index (χ0n) is 18.1. The van der Waals surface area contributed by atoms with Crippen LogP contribution in [0.4, 0.5) is 5.13 Å². The number of benzene rings is 1. The summed E-state index contributed by atoms with van der Waals surface area (Å²) in [6.45, 7) is 10.5. The number of guanidine groups is 1. The highest BCUT2D eigenvalue weighted by atomic mass is 32.1. The van der Waals surface area contributed by atoms with Crippen LogP contribution in [0.5, 0.6) is 5.75 Å². The monoisotopic (exact) mass is 432 g/mol. The van der Waals surface area contributed by atoms with Crippen LogP contribution < -0.4 is 15.0 Å². The molecule has 1 aliphatic heterocycles. The minimum absolute atomic E-state index is 0.557. The Bertz CT molecular complexity index is 787. The van der Waals surface area contributed by atoms with Crippen LogP contribution in [0.3, 0.4) is 0 Å². The summed E-state index contributed by atoms with van der Waals surface area (Å²) < 4.78 is 15.0. The molecule has 0 saturated carbocycles. The van der Waals surface area contributed by atoms with E-state index >= 15 is 0 Å². The Morgan fingerprint density at radius 1 is 1.13 bits per heavy atom. The number of piperazine rings is 1. The maximum absolute atomic E-state index is 5.62. The molecule has 2 heterocycles. The van der Waals surface area contributed by atoms with Gasteiger partial charge in [0, 0.05) is 57.8 Å². The van der Waals surface area contributed by atoms with Gasteiger partial charge in [-0.25, -0.2) is 9.98 Å². The Kier molecular flexibility index (Phi) is 8.70. The topological polar surface area (TPSA) is 75.1 Å². The van der Waals surface area contributed by atoms with Gasteiger partial charge in [-0.1, -0.05) is 19.1 Å². The van der Waals surface area contributed by atoms with Crippen LogP contribution in [0.15, 0.2) is 29.3 Å². The third-order valence-corrected chi connectivity index (χ3v) is 5.66. The van der Waals surface area contributed by atoms with Crippen LogP contribution in [0.25, 0.3) is 0 Å². The summed E-state index contributed by atoms with van der Waals surface area (Å²) in [5.74, 6) is 2.75. The molecule has 1 aromatic carbocycles. The second kappa shape index (κ2) is 11.7. The van der Waals surface area contributed by atoms with Crippen molar-refractivity contribution in [2.24, 2.45) is 4.99 Å². The summed E-state index contributed by atoms with van der Waals surface area (Å²) in [5, 5.41) is 4.46. The minimum atomic E-state index is 0.557. The summed E-state index contributed by atoms with van der Waals surface area (Å²) in [6.07, 6.45) is 0.883. The predicted octanol–water partition coefficient (Wildman–Crippen LogP) is 2.41. The smallest absolute Gasteiger partial charge is 0.205 e. The Morgan fingerprint density at radius 2 is 1.90 bits per heavy atom. The van der Waals surface area contributed by atoms with Gasteiger partial charge in [0.25, 0.3) is 0 Å². The quantitative estimate of drug-likeness (QED) is 0.370. The lowest BCUT2D eigenvalue weighted by Crippen LogP contribution is -2.52. The van der Waals surface area contributed by atoms with Crippen molar-refractivity contribution in [3.63, 3.8) is 0 Å². The van der Waals surface area contributed by atoms with Crippen LogP contribution in [-0.2, 0) is 17.7 Å². The van der Waals surface area contributed by atoms with Gasteiger partial charge in [0.05, 0.1) is 13.2 Å². The number of hydrogen-bond donors (Lipinski definition) is 1. The number of methoxy groups -OCH3 is 1. The molecule has 0 unspecified atom stereocenters. The van der Waals surface area contributed by atoms with Gasteiger partial charge in [0.15, 0.2) is 5.96 Å². The number of aromatic nitrogens is 2. The fourth-order valence-corrected chi connectivity index (χ4v) is 3.95. The molecule has 0 spiro atoms. The van der Waals surface area contributed by atoms with E-state index < -0.39 is 0 Å². The molecule has 8 nitrogen and oxygen atoms in total. The molecule has 1 N–H and O–H groups in total. The third kappa shape index (κ3) is 6.30. The fourth-order valence-electron chi connectivity index (χ4n) is 3.15. The highest BCUT2D eigenvalue weighted by Gasteiger charge is 2.22. The number of rotatable bonds is 9. The molecule has 0 bridgehead atoms. The van der Waals surface area contributed by atoms with E-state index in [1.54, 1.807) is 7.11 Å². The first-order valence-corrected chi connectivity index (χ1v) is 11.3. The molecule has 2 aromatic rings. The number of ether oxygens (including phenoxy) is 2. The van der Waals surface area contributed by atoms with Crippen molar-refractivity contribution in [3.8, 4) is 5.75 Å². The average molecular weight is 433 g/mol. The van der Waals surface area contributed by atoms with Crippen LogP contribution >= 0.6 is 11.5 Å². The van der Waals surface area contributed by atoms with Crippen LogP contribution in [0, 0.1) is 0 Å². The second-order valence-electron chi connectivity index (χ2n) is 6.98. The van der Waals surface area contributed by atoms with Crippen molar-refractivity contribution in [2.75, 3.05) is 57.9 Å². The van der Waals surface area contributed by atoms with E-state index in [0.29, 0.717) is 19.8 Å². The molecule has 0 atom stereocenters. The normalized spacial score (nSPS) is 14.8. The van der Waals surface area contributed by atoms with E-state index in [1.165, 1.54) is 11.5 Å². The number of aryl methyl sites for hydroxylation is 1. The Labute approximate surface area is 183 Å². The average Bonchev–Trinajstić information content (AvgIpc) is 3.27. The standard InChI is InChI=1S/C21H32N6O2S/c1-4-19-24-21(30-25-19)27-12-10-26(11-13-27)20(22-5-2)23-16-17-6-8-18(9-7-17)29-15-14-28-3/h6-9H,4-5,10-16H2,1-3H3,(H,22,23). The molecule has 1 fully saturated rings. The third-order valence-electron chi connectivity index (χ3n) is 4.85. The summed E-state index contributed by atoms with van der Waals surface area (Å²) in [7, 11) is 1.67. The maximum Gasteiger partial charge on any atom is 0.205 e. The van der Waals surface area contributed by atoms with Gasteiger partial charge < -0.3 is 24.6 Å². The summed E-state index contributed by atoms with van der Waals surface area (Å²) >= 11 is 1.50. The molecule has 1 aromatic heterocycles. The van der Waals surface area contributed by atoms with Crippen molar-refractivity contribution < 1.29 is 9.47 Å². The van der Waals surface area contributed by atoms with Crippen LogP contribution in [-0.4, -0.2) is 73.3 Å². The molecular formula is C21H32N6O2S. The molecule has 164 valence electrons. The van der Waals surface area contributed by atoms with Gasteiger partial charge in [-0.2, -0.15) is 4.37 Å². The van der Waals surface area contributed by atoms with Crippen molar-refractivity contribution in [1.82, 2.24) is 19.6 Å². The molecule has 1 saturated heterocycles. The molecule has 0 aliphatic carbocycles. The second-order valence-corrected chi connectivity index (χ2v) is 7.71. The van der Waals surface area contributed by atoms with Crippen molar-refractivity contribution >= 4 is 22.6 Å². The number of nitrogens with zero attached hydrogens (tertiary/aromatic N) is 5. The molecule has 0 radical (unpaired) electrons.